The lowest BCUT2D eigenvalue weighted by atomic mass is 10.1. The second-order valence-electron chi connectivity index (χ2n) is 4.07. The quantitative estimate of drug-likeness (QED) is 0.584. The standard InChI is InChI=1S/C14H19NO2/c1-11-5-3-4-6-13(11)8-10-15-9-7-12(2)14(16)17/h3-7,15H,8-10H2,1-2H3,(H,16,17)/b12-7-. The number of carboxylic acids is 1. The van der Waals surface area contributed by atoms with Crippen LogP contribution in [-0.4, -0.2) is 24.2 Å². The third-order valence-electron chi connectivity index (χ3n) is 2.72. The number of nitrogens with one attached hydrogen (secondary N) is 1. The molecular formula is C14H19NO2. The van der Waals surface area contributed by atoms with Gasteiger partial charge in [-0.3, -0.25) is 0 Å². The van der Waals surface area contributed by atoms with Gasteiger partial charge in [-0.25, -0.2) is 4.79 Å². The highest BCUT2D eigenvalue weighted by Gasteiger charge is 1.98. The summed E-state index contributed by atoms with van der Waals surface area (Å²) in [5.41, 5.74) is 3.01. The third kappa shape index (κ3) is 4.83. The molecule has 17 heavy (non-hydrogen) atoms. The van der Waals surface area contributed by atoms with Gasteiger partial charge < -0.3 is 10.4 Å². The molecule has 0 aliphatic rings. The summed E-state index contributed by atoms with van der Waals surface area (Å²) in [6.07, 6.45) is 2.66. The van der Waals surface area contributed by atoms with Gasteiger partial charge in [-0.15, -0.1) is 0 Å². The lowest BCUT2D eigenvalue weighted by molar-refractivity contribution is -0.132. The molecule has 0 bridgehead atoms. The minimum Gasteiger partial charge on any atom is -0.478 e. The number of carboxylic acid groups (broad SMARTS) is 1. The average molecular weight is 233 g/mol. The number of aliphatic carboxylic acids is 1. The summed E-state index contributed by atoms with van der Waals surface area (Å²) in [4.78, 5) is 10.5. The van der Waals surface area contributed by atoms with Crippen LogP contribution in [0.5, 0.6) is 0 Å². The second kappa shape index (κ2) is 6.86. The molecule has 0 heterocycles. The van der Waals surface area contributed by atoms with Crippen molar-refractivity contribution in [2.24, 2.45) is 0 Å². The van der Waals surface area contributed by atoms with Crippen LogP contribution >= 0.6 is 0 Å². The predicted molar refractivity (Wildman–Crippen MR) is 69.1 cm³/mol. The minimum absolute atomic E-state index is 0.383. The molecule has 0 amide bonds. The zero-order valence-corrected chi connectivity index (χ0v) is 10.4. The Morgan fingerprint density at radius 1 is 1.41 bits per heavy atom. The summed E-state index contributed by atoms with van der Waals surface area (Å²) in [6.45, 7) is 5.16. The van der Waals surface area contributed by atoms with Gasteiger partial charge in [0, 0.05) is 12.1 Å². The summed E-state index contributed by atoms with van der Waals surface area (Å²) < 4.78 is 0. The number of hydrogen-bond donors (Lipinski definition) is 2. The Balaban J connectivity index is 2.28. The Morgan fingerprint density at radius 3 is 2.76 bits per heavy atom. The van der Waals surface area contributed by atoms with E-state index in [-0.39, 0.29) is 0 Å². The fourth-order valence-corrected chi connectivity index (χ4v) is 1.53. The largest absolute Gasteiger partial charge is 0.478 e. The molecule has 92 valence electrons. The van der Waals surface area contributed by atoms with Gasteiger partial charge in [0.25, 0.3) is 0 Å². The van der Waals surface area contributed by atoms with Crippen molar-refractivity contribution in [1.29, 1.82) is 0 Å². The van der Waals surface area contributed by atoms with Crippen LogP contribution in [0.2, 0.25) is 0 Å². The molecule has 1 rings (SSSR count). The van der Waals surface area contributed by atoms with Gasteiger partial charge in [-0.2, -0.15) is 0 Å². The van der Waals surface area contributed by atoms with E-state index < -0.39 is 5.97 Å². The maximum absolute atomic E-state index is 10.5. The normalized spacial score (nSPS) is 11.5. The number of hydrogen-bond acceptors (Lipinski definition) is 2. The van der Waals surface area contributed by atoms with Crippen molar-refractivity contribution in [3.05, 3.63) is 47.0 Å². The maximum atomic E-state index is 10.5. The lowest BCUT2D eigenvalue weighted by Gasteiger charge is -2.05. The van der Waals surface area contributed by atoms with Crippen molar-refractivity contribution in [3.8, 4) is 0 Å². The van der Waals surface area contributed by atoms with Gasteiger partial charge in [0.05, 0.1) is 0 Å². The third-order valence-corrected chi connectivity index (χ3v) is 2.72. The molecule has 3 heteroatoms. The lowest BCUT2D eigenvalue weighted by Crippen LogP contribution is -2.18. The molecule has 1 aromatic rings. The van der Waals surface area contributed by atoms with E-state index in [4.69, 9.17) is 5.11 Å². The van der Waals surface area contributed by atoms with Gasteiger partial charge in [0.2, 0.25) is 0 Å². The Hall–Kier alpha value is -1.61. The number of benzene rings is 1. The van der Waals surface area contributed by atoms with Gasteiger partial charge in [0.15, 0.2) is 0 Å². The van der Waals surface area contributed by atoms with E-state index in [2.05, 4.69) is 24.4 Å². The van der Waals surface area contributed by atoms with Crippen LogP contribution in [0.15, 0.2) is 35.9 Å². The van der Waals surface area contributed by atoms with E-state index in [1.165, 1.54) is 11.1 Å². The molecule has 0 aromatic heterocycles. The minimum atomic E-state index is -0.856. The molecule has 0 aliphatic heterocycles. The van der Waals surface area contributed by atoms with Crippen LogP contribution in [0.4, 0.5) is 0 Å². The first-order valence-corrected chi connectivity index (χ1v) is 5.76. The van der Waals surface area contributed by atoms with Gasteiger partial charge >= 0.3 is 5.97 Å². The van der Waals surface area contributed by atoms with Crippen molar-refractivity contribution in [2.45, 2.75) is 20.3 Å². The number of aryl methyl sites for hydroxylation is 1. The zero-order valence-electron chi connectivity index (χ0n) is 10.4. The fraction of sp³-hybridized carbons (Fsp3) is 0.357. The summed E-state index contributed by atoms with van der Waals surface area (Å²) >= 11 is 0. The first-order chi connectivity index (χ1) is 8.11. The smallest absolute Gasteiger partial charge is 0.330 e. The summed E-state index contributed by atoms with van der Waals surface area (Å²) in [6, 6.07) is 8.29. The van der Waals surface area contributed by atoms with Crippen LogP contribution in [0.1, 0.15) is 18.1 Å². The molecule has 0 atom stereocenters. The van der Waals surface area contributed by atoms with Crippen LogP contribution in [0.3, 0.4) is 0 Å². The van der Waals surface area contributed by atoms with Crippen molar-refractivity contribution in [2.75, 3.05) is 13.1 Å². The monoisotopic (exact) mass is 233 g/mol. The van der Waals surface area contributed by atoms with Crippen molar-refractivity contribution in [3.63, 3.8) is 0 Å². The highest BCUT2D eigenvalue weighted by molar-refractivity contribution is 5.85. The fourth-order valence-electron chi connectivity index (χ4n) is 1.53. The van der Waals surface area contributed by atoms with Crippen molar-refractivity contribution in [1.82, 2.24) is 5.32 Å². The van der Waals surface area contributed by atoms with E-state index in [0.29, 0.717) is 12.1 Å². The van der Waals surface area contributed by atoms with E-state index in [9.17, 15) is 4.79 Å². The van der Waals surface area contributed by atoms with Crippen LogP contribution in [-0.2, 0) is 11.2 Å². The van der Waals surface area contributed by atoms with E-state index in [0.717, 1.165) is 13.0 Å². The van der Waals surface area contributed by atoms with Crippen LogP contribution < -0.4 is 5.32 Å². The molecule has 0 radical (unpaired) electrons. The van der Waals surface area contributed by atoms with Crippen LogP contribution in [0, 0.1) is 6.92 Å². The Morgan fingerprint density at radius 2 is 2.12 bits per heavy atom. The highest BCUT2D eigenvalue weighted by atomic mass is 16.4. The van der Waals surface area contributed by atoms with Gasteiger partial charge in [0.1, 0.15) is 0 Å². The first-order valence-electron chi connectivity index (χ1n) is 5.76. The first kappa shape index (κ1) is 13.5. The summed E-state index contributed by atoms with van der Waals surface area (Å²) in [5, 5.41) is 11.9. The van der Waals surface area contributed by atoms with Crippen molar-refractivity contribution >= 4 is 5.97 Å². The molecular weight excluding hydrogens is 214 g/mol. The Kier molecular flexibility index (Phi) is 5.43. The van der Waals surface area contributed by atoms with Gasteiger partial charge in [-0.1, -0.05) is 30.3 Å². The molecule has 0 fully saturated rings. The number of carbonyl (C=O) groups is 1. The highest BCUT2D eigenvalue weighted by Crippen LogP contribution is 2.06. The average Bonchev–Trinajstić information content (AvgIpc) is 2.30. The van der Waals surface area contributed by atoms with E-state index in [1.807, 2.05) is 12.1 Å². The number of rotatable bonds is 6. The van der Waals surface area contributed by atoms with Crippen LogP contribution in [0.25, 0.3) is 0 Å². The zero-order chi connectivity index (χ0) is 12.7. The maximum Gasteiger partial charge on any atom is 0.330 e. The Labute approximate surface area is 102 Å². The summed E-state index contributed by atoms with van der Waals surface area (Å²) in [7, 11) is 0. The Bertz CT molecular complexity index is 410. The summed E-state index contributed by atoms with van der Waals surface area (Å²) in [5.74, 6) is -0.856. The molecule has 3 nitrogen and oxygen atoms in total. The van der Waals surface area contributed by atoms with E-state index >= 15 is 0 Å². The molecule has 0 saturated heterocycles. The molecule has 2 N–H and O–H groups in total. The molecule has 0 spiro atoms. The second-order valence-corrected chi connectivity index (χ2v) is 4.07. The predicted octanol–water partition coefficient (Wildman–Crippen LogP) is 2.16. The van der Waals surface area contributed by atoms with Crippen molar-refractivity contribution < 1.29 is 9.90 Å². The van der Waals surface area contributed by atoms with E-state index in [1.54, 1.807) is 13.0 Å². The molecule has 1 aromatic carbocycles. The topological polar surface area (TPSA) is 49.3 Å². The molecule has 0 unspecified atom stereocenters. The molecule has 0 saturated carbocycles. The molecule has 0 aliphatic carbocycles. The SMILES string of the molecule is C/C(=C/CNCCc1ccccc1C)C(=O)O. The van der Waals surface area contributed by atoms with Gasteiger partial charge in [-0.05, 0) is 37.9 Å².